The first-order valence-electron chi connectivity index (χ1n) is 6.42. The van der Waals surface area contributed by atoms with Gasteiger partial charge in [-0.2, -0.15) is 4.31 Å². The molecular formula is C14H15Cl2NO3S. The number of aliphatic hydroxyl groups excluding tert-OH is 1. The van der Waals surface area contributed by atoms with Gasteiger partial charge in [0.05, 0.1) is 18.2 Å². The van der Waals surface area contributed by atoms with Crippen molar-refractivity contribution in [1.29, 1.82) is 0 Å². The van der Waals surface area contributed by atoms with E-state index in [1.807, 2.05) is 0 Å². The highest BCUT2D eigenvalue weighted by atomic mass is 35.5. The van der Waals surface area contributed by atoms with E-state index in [0.717, 1.165) is 12.8 Å². The van der Waals surface area contributed by atoms with E-state index in [-0.39, 0.29) is 33.7 Å². The number of benzene rings is 1. The van der Waals surface area contributed by atoms with Crippen LogP contribution >= 0.6 is 23.2 Å². The molecule has 0 bridgehead atoms. The Morgan fingerprint density at radius 3 is 2.57 bits per heavy atom. The molecule has 0 aromatic heterocycles. The second kappa shape index (κ2) is 6.55. The number of halogens is 2. The lowest BCUT2D eigenvalue weighted by Gasteiger charge is -2.21. The van der Waals surface area contributed by atoms with E-state index in [1.165, 1.54) is 16.4 Å². The summed E-state index contributed by atoms with van der Waals surface area (Å²) < 4.78 is 26.7. The molecule has 0 heterocycles. The van der Waals surface area contributed by atoms with Crippen molar-refractivity contribution < 1.29 is 13.5 Å². The van der Waals surface area contributed by atoms with Crippen LogP contribution in [0.15, 0.2) is 17.0 Å². The third-order valence-electron chi connectivity index (χ3n) is 3.29. The van der Waals surface area contributed by atoms with Crippen molar-refractivity contribution in [3.63, 3.8) is 0 Å². The van der Waals surface area contributed by atoms with Crippen molar-refractivity contribution in [1.82, 2.24) is 4.31 Å². The molecule has 1 fully saturated rings. The van der Waals surface area contributed by atoms with E-state index < -0.39 is 10.0 Å². The van der Waals surface area contributed by atoms with Crippen molar-refractivity contribution in [2.24, 2.45) is 5.92 Å². The van der Waals surface area contributed by atoms with Crippen LogP contribution in [-0.2, 0) is 16.6 Å². The first-order chi connectivity index (χ1) is 9.90. The van der Waals surface area contributed by atoms with Crippen molar-refractivity contribution in [2.45, 2.75) is 24.3 Å². The van der Waals surface area contributed by atoms with Gasteiger partial charge in [-0.25, -0.2) is 8.42 Å². The molecule has 1 N–H and O–H groups in total. The Balaban J connectivity index is 2.46. The lowest BCUT2D eigenvalue weighted by atomic mass is 10.2. The molecule has 1 saturated carbocycles. The second-order valence-electron chi connectivity index (χ2n) is 4.98. The Morgan fingerprint density at radius 2 is 2.05 bits per heavy atom. The summed E-state index contributed by atoms with van der Waals surface area (Å²) in [6.45, 7) is -0.0281. The zero-order chi connectivity index (χ0) is 15.6. The zero-order valence-electron chi connectivity index (χ0n) is 11.2. The molecule has 0 radical (unpaired) electrons. The predicted octanol–water partition coefficient (Wildman–Crippen LogP) is 2.52. The molecule has 4 nitrogen and oxygen atoms in total. The van der Waals surface area contributed by atoms with Crippen LogP contribution in [0.2, 0.25) is 10.0 Å². The summed E-state index contributed by atoms with van der Waals surface area (Å²) in [5.74, 6) is 2.71. The quantitative estimate of drug-likeness (QED) is 0.804. The number of nitrogens with zero attached hydrogens (tertiary/aromatic N) is 1. The first kappa shape index (κ1) is 16.6. The molecule has 0 atom stereocenters. The highest BCUT2D eigenvalue weighted by molar-refractivity contribution is 7.89. The summed E-state index contributed by atoms with van der Waals surface area (Å²) in [5.41, 5.74) is 0.273. The van der Waals surface area contributed by atoms with Crippen molar-refractivity contribution in [3.05, 3.63) is 27.7 Å². The zero-order valence-corrected chi connectivity index (χ0v) is 13.5. The van der Waals surface area contributed by atoms with Gasteiger partial charge >= 0.3 is 0 Å². The second-order valence-corrected chi connectivity index (χ2v) is 7.70. The molecule has 1 aromatic rings. The fraction of sp³-hybridized carbons (Fsp3) is 0.429. The molecular weight excluding hydrogens is 333 g/mol. The number of hydrogen-bond acceptors (Lipinski definition) is 3. The van der Waals surface area contributed by atoms with Gasteiger partial charge < -0.3 is 5.11 Å². The fourth-order valence-electron chi connectivity index (χ4n) is 2.00. The van der Waals surface area contributed by atoms with Gasteiger partial charge in [-0.3, -0.25) is 0 Å². The molecule has 2 rings (SSSR count). The normalized spacial score (nSPS) is 15.2. The number of aliphatic hydroxyl groups is 1. The van der Waals surface area contributed by atoms with Crippen LogP contribution in [0.1, 0.15) is 18.4 Å². The first-order valence-corrected chi connectivity index (χ1v) is 8.62. The average Bonchev–Trinajstić information content (AvgIpc) is 3.24. The van der Waals surface area contributed by atoms with Crippen LogP contribution in [0.4, 0.5) is 0 Å². The smallest absolute Gasteiger partial charge is 0.245 e. The molecule has 1 aromatic carbocycles. The van der Waals surface area contributed by atoms with E-state index in [2.05, 4.69) is 5.92 Å². The number of hydrogen-bond donors (Lipinski definition) is 1. The van der Waals surface area contributed by atoms with Gasteiger partial charge in [-0.05, 0) is 36.5 Å². The lowest BCUT2D eigenvalue weighted by molar-refractivity contribution is 0.281. The molecule has 0 unspecified atom stereocenters. The Morgan fingerprint density at radius 1 is 1.38 bits per heavy atom. The van der Waals surface area contributed by atoms with Gasteiger partial charge in [0.1, 0.15) is 4.90 Å². The van der Waals surface area contributed by atoms with Crippen LogP contribution in [0.5, 0.6) is 0 Å². The highest BCUT2D eigenvalue weighted by Gasteiger charge is 2.33. The molecule has 0 saturated heterocycles. The van der Waals surface area contributed by atoms with Gasteiger partial charge in [-0.1, -0.05) is 29.1 Å². The van der Waals surface area contributed by atoms with E-state index in [4.69, 9.17) is 29.6 Å². The van der Waals surface area contributed by atoms with Crippen molar-refractivity contribution in [3.8, 4) is 12.3 Å². The summed E-state index contributed by atoms with van der Waals surface area (Å²) in [6.07, 6.45) is 7.27. The minimum Gasteiger partial charge on any atom is -0.392 e. The number of sulfonamides is 1. The standard InChI is InChI=1S/C14H15Cl2NO3S/c1-2-5-17(8-10-3-4-10)21(19,20)13-7-12(15)6-11(9-18)14(13)16/h1,6-7,10,18H,3-5,8-9H2. The summed E-state index contributed by atoms with van der Waals surface area (Å²) in [6, 6.07) is 2.73. The van der Waals surface area contributed by atoms with Crippen molar-refractivity contribution >= 4 is 33.2 Å². The molecule has 1 aliphatic carbocycles. The summed E-state index contributed by atoms with van der Waals surface area (Å²) in [5, 5.41) is 9.44. The minimum atomic E-state index is -3.84. The maximum Gasteiger partial charge on any atom is 0.245 e. The maximum atomic E-state index is 12.7. The molecule has 21 heavy (non-hydrogen) atoms. The molecule has 1 aliphatic rings. The lowest BCUT2D eigenvalue weighted by Crippen LogP contribution is -2.33. The third-order valence-corrected chi connectivity index (χ3v) is 5.91. The van der Waals surface area contributed by atoms with Gasteiger partial charge in [-0.15, -0.1) is 6.42 Å². The minimum absolute atomic E-state index is 0.0141. The molecule has 0 spiro atoms. The fourth-order valence-corrected chi connectivity index (χ4v) is 4.33. The Bertz CT molecular complexity index is 678. The number of rotatable bonds is 6. The van der Waals surface area contributed by atoms with Crippen LogP contribution in [0.3, 0.4) is 0 Å². The monoisotopic (exact) mass is 347 g/mol. The van der Waals surface area contributed by atoms with Gasteiger partial charge in [0.2, 0.25) is 10.0 Å². The van der Waals surface area contributed by atoms with Crippen LogP contribution in [0.25, 0.3) is 0 Å². The third kappa shape index (κ3) is 3.71. The maximum absolute atomic E-state index is 12.7. The number of terminal acetylenes is 1. The van der Waals surface area contributed by atoms with E-state index >= 15 is 0 Å². The highest BCUT2D eigenvalue weighted by Crippen LogP contribution is 2.35. The van der Waals surface area contributed by atoms with E-state index in [9.17, 15) is 13.5 Å². The Labute approximate surface area is 134 Å². The van der Waals surface area contributed by atoms with E-state index in [0.29, 0.717) is 12.5 Å². The topological polar surface area (TPSA) is 57.6 Å². The van der Waals surface area contributed by atoms with Crippen LogP contribution < -0.4 is 0 Å². The van der Waals surface area contributed by atoms with Crippen LogP contribution in [-0.4, -0.2) is 30.9 Å². The summed E-state index contributed by atoms with van der Waals surface area (Å²) in [4.78, 5) is -0.114. The summed E-state index contributed by atoms with van der Waals surface area (Å²) >= 11 is 12.0. The predicted molar refractivity (Wildman–Crippen MR) is 82.7 cm³/mol. The molecule has 0 aliphatic heterocycles. The van der Waals surface area contributed by atoms with Crippen LogP contribution in [0, 0.1) is 18.3 Å². The Kier molecular flexibility index (Phi) is 5.18. The average molecular weight is 348 g/mol. The SMILES string of the molecule is C#CCN(CC1CC1)S(=O)(=O)c1cc(Cl)cc(CO)c1Cl. The molecule has 114 valence electrons. The van der Waals surface area contributed by atoms with Gasteiger partial charge in [0.15, 0.2) is 0 Å². The van der Waals surface area contributed by atoms with Crippen molar-refractivity contribution in [2.75, 3.05) is 13.1 Å². The summed E-state index contributed by atoms with van der Waals surface area (Å²) in [7, 11) is -3.84. The van der Waals surface area contributed by atoms with Gasteiger partial charge in [0.25, 0.3) is 0 Å². The van der Waals surface area contributed by atoms with E-state index in [1.54, 1.807) is 0 Å². The molecule has 0 amide bonds. The van der Waals surface area contributed by atoms with Gasteiger partial charge in [0, 0.05) is 11.6 Å². The Hall–Kier alpha value is -0.770. The largest absolute Gasteiger partial charge is 0.392 e. The molecule has 7 heteroatoms.